The molecule has 1 aliphatic rings. The van der Waals surface area contributed by atoms with Crippen molar-refractivity contribution in [3.05, 3.63) is 12.7 Å². The molecular formula is C27H47N9O15P2. The van der Waals surface area contributed by atoms with Crippen LogP contribution in [0.2, 0.25) is 0 Å². The van der Waals surface area contributed by atoms with E-state index in [0.717, 1.165) is 26.0 Å². The molecule has 0 aliphatic carbocycles. The van der Waals surface area contributed by atoms with E-state index in [9.17, 15) is 54.0 Å². The molecule has 0 saturated carbocycles. The Morgan fingerprint density at radius 3 is 2.40 bits per heavy atom. The zero-order valence-electron chi connectivity index (χ0n) is 29.0. The molecule has 53 heavy (non-hydrogen) atoms. The number of hydrogen-bond acceptors (Lipinski definition) is 18. The zero-order chi connectivity index (χ0) is 39.7. The highest BCUT2D eigenvalue weighted by molar-refractivity contribution is 7.61. The molecule has 1 fully saturated rings. The van der Waals surface area contributed by atoms with E-state index in [0.29, 0.717) is 13.0 Å². The maximum Gasteiger partial charge on any atom is 0.481 e. The molecule has 11 atom stereocenters. The Morgan fingerprint density at radius 2 is 1.74 bits per heavy atom. The molecule has 24 nitrogen and oxygen atoms in total. The number of aromatic nitrogens is 4. The first kappa shape index (κ1) is 44.3. The number of urea groups is 1. The minimum atomic E-state index is -5.50. The highest BCUT2D eigenvalue weighted by Crippen LogP contribution is 2.60. The van der Waals surface area contributed by atoms with Crippen LogP contribution in [0.25, 0.3) is 11.2 Å². The average molecular weight is 800 g/mol. The summed E-state index contributed by atoms with van der Waals surface area (Å²) in [6, 6.07) is -0.988. The number of rotatable bonds is 20. The standard InChI is InChI=1S/C27H47N9O15P2/c1-14(4-6-28)15(2)5-7-35(12-33-27(43)34-16(3)37)8-17(38)21(40)18(39)9-48-52(44,45)51-53(46,47)49-10-19-22(41)23(42)26(50-19)36-13-32-20-24(29)30-11-31-25(20)36/h11-15,17-19,21-23,26,38-42H,4-10,28H2,1-3H3,(H,44,45)(H,46,47)(H2,29,30,31)(H,34,37,43)/t14-,15+,17+,18-,19-,21+,22-,23-,26-/m1/s1. The maximum atomic E-state index is 12.5. The Morgan fingerprint density at radius 1 is 1.08 bits per heavy atom. The highest BCUT2D eigenvalue weighted by atomic mass is 31.3. The highest BCUT2D eigenvalue weighted by Gasteiger charge is 2.46. The van der Waals surface area contributed by atoms with Crippen molar-refractivity contribution in [1.82, 2.24) is 29.7 Å². The second-order valence-electron chi connectivity index (χ2n) is 12.4. The number of aliphatic hydroxyl groups excluding tert-OH is 5. The molecule has 3 heterocycles. The van der Waals surface area contributed by atoms with Crippen LogP contribution in [0.1, 0.15) is 39.8 Å². The fourth-order valence-electron chi connectivity index (χ4n) is 5.09. The van der Waals surface area contributed by atoms with Crippen LogP contribution in [0.5, 0.6) is 0 Å². The normalized spacial score (nSPS) is 24.3. The van der Waals surface area contributed by atoms with Crippen molar-refractivity contribution < 1.29 is 72.1 Å². The molecule has 0 radical (unpaired) electrons. The van der Waals surface area contributed by atoms with Gasteiger partial charge in [0.05, 0.1) is 32.0 Å². The van der Waals surface area contributed by atoms with Crippen LogP contribution in [-0.4, -0.2) is 147 Å². The SMILES string of the molecule is CC(=O)NC(=O)N=CN(CC[C@H](C)[C@H](C)CCN)C[C@H](O)[C@H](O)[C@H](O)COP(=O)(O)OP(=O)(O)OC[C@H]1O[C@@H](n2cnc3c(N)ncnc32)[C@H](O)[C@@H]1O. The van der Waals surface area contributed by atoms with E-state index in [1.807, 2.05) is 19.2 Å². The van der Waals surface area contributed by atoms with Gasteiger partial charge in [0.1, 0.15) is 42.4 Å². The maximum absolute atomic E-state index is 12.5. The molecular weight excluding hydrogens is 752 g/mol. The Kier molecular flexibility index (Phi) is 16.3. The number of nitrogens with two attached hydrogens (primary N) is 2. The van der Waals surface area contributed by atoms with Gasteiger partial charge in [-0.2, -0.15) is 9.30 Å². The number of phosphoric ester groups is 2. The second-order valence-corrected chi connectivity index (χ2v) is 15.5. The van der Waals surface area contributed by atoms with Crippen molar-refractivity contribution in [1.29, 1.82) is 0 Å². The fraction of sp³-hybridized carbons (Fsp3) is 0.704. The number of anilines is 1. The van der Waals surface area contributed by atoms with Gasteiger partial charge in [-0.1, -0.05) is 13.8 Å². The Bertz CT molecular complexity index is 1650. The smallest absolute Gasteiger partial charge is 0.388 e. The van der Waals surface area contributed by atoms with Crippen molar-refractivity contribution in [2.45, 2.75) is 76.5 Å². The lowest BCUT2D eigenvalue weighted by Crippen LogP contribution is -2.46. The summed E-state index contributed by atoms with van der Waals surface area (Å²) in [5.41, 5.74) is 11.7. The minimum Gasteiger partial charge on any atom is -0.388 e. The third-order valence-corrected chi connectivity index (χ3v) is 10.9. The number of nitrogens with zero attached hydrogens (tertiary/aromatic N) is 6. The molecule has 2 unspecified atom stereocenters. The van der Waals surface area contributed by atoms with Gasteiger partial charge in [0, 0.05) is 20.0 Å². The van der Waals surface area contributed by atoms with Crippen LogP contribution in [0.3, 0.4) is 0 Å². The van der Waals surface area contributed by atoms with Gasteiger partial charge in [0.15, 0.2) is 17.7 Å². The van der Waals surface area contributed by atoms with Gasteiger partial charge < -0.3 is 56.4 Å². The summed E-state index contributed by atoms with van der Waals surface area (Å²) in [5.74, 6) is -0.247. The average Bonchev–Trinajstić information content (AvgIpc) is 3.63. The van der Waals surface area contributed by atoms with Crippen LogP contribution in [-0.2, 0) is 32.0 Å². The van der Waals surface area contributed by atoms with Crippen LogP contribution < -0.4 is 16.8 Å². The monoisotopic (exact) mass is 799 g/mol. The Balaban J connectivity index is 1.54. The van der Waals surface area contributed by atoms with Crippen molar-refractivity contribution in [2.24, 2.45) is 22.6 Å². The number of amides is 3. The summed E-state index contributed by atoms with van der Waals surface area (Å²) in [4.78, 5) is 59.9. The van der Waals surface area contributed by atoms with Gasteiger partial charge in [0.2, 0.25) is 5.91 Å². The predicted molar refractivity (Wildman–Crippen MR) is 182 cm³/mol. The van der Waals surface area contributed by atoms with Gasteiger partial charge in [-0.3, -0.25) is 23.7 Å². The number of phosphoric acid groups is 2. The first-order chi connectivity index (χ1) is 24.7. The van der Waals surface area contributed by atoms with Gasteiger partial charge in [-0.15, -0.1) is 0 Å². The van der Waals surface area contributed by atoms with E-state index in [4.69, 9.17) is 20.7 Å². The molecule has 3 rings (SSSR count). The van der Waals surface area contributed by atoms with Gasteiger partial charge in [0.25, 0.3) is 0 Å². The number of ether oxygens (including phenoxy) is 1. The third kappa shape index (κ3) is 13.0. The third-order valence-electron chi connectivity index (χ3n) is 8.31. The molecule has 3 amide bonds. The topological polar surface area (TPSA) is 370 Å². The summed E-state index contributed by atoms with van der Waals surface area (Å²) in [6.45, 7) is 3.22. The van der Waals surface area contributed by atoms with Crippen molar-refractivity contribution in [2.75, 3.05) is 38.6 Å². The van der Waals surface area contributed by atoms with Gasteiger partial charge >= 0.3 is 21.7 Å². The first-order valence-corrected chi connectivity index (χ1v) is 19.2. The number of imidazole rings is 1. The van der Waals surface area contributed by atoms with E-state index in [-0.39, 0.29) is 35.4 Å². The number of aliphatic imine (C=N–C) groups is 1. The van der Waals surface area contributed by atoms with E-state index in [1.165, 1.54) is 15.8 Å². The lowest BCUT2D eigenvalue weighted by molar-refractivity contribution is -0.117. The molecule has 12 N–H and O–H groups in total. The number of fused-ring (bicyclic) bond motifs is 1. The lowest BCUT2D eigenvalue weighted by atomic mass is 9.90. The number of aliphatic hydroxyl groups is 5. The second kappa shape index (κ2) is 19.5. The summed E-state index contributed by atoms with van der Waals surface area (Å²) in [5, 5.41) is 54.4. The summed E-state index contributed by atoms with van der Waals surface area (Å²) < 4.78 is 45.2. The van der Waals surface area contributed by atoms with Gasteiger partial charge in [-0.25, -0.2) is 28.9 Å². The minimum absolute atomic E-state index is 0.0329. The molecule has 300 valence electrons. The van der Waals surface area contributed by atoms with E-state index in [1.54, 1.807) is 0 Å². The number of carbonyl (C=O) groups is 2. The van der Waals surface area contributed by atoms with E-state index < -0.39 is 90.2 Å². The molecule has 1 saturated heterocycles. The number of hydrogen-bond donors (Lipinski definition) is 10. The molecule has 2 aromatic heterocycles. The molecule has 0 spiro atoms. The molecule has 26 heteroatoms. The van der Waals surface area contributed by atoms with Crippen molar-refractivity contribution in [3.63, 3.8) is 0 Å². The van der Waals surface area contributed by atoms with E-state index >= 15 is 0 Å². The Labute approximate surface area is 303 Å². The number of carbonyl (C=O) groups excluding carboxylic acids is 2. The summed E-state index contributed by atoms with van der Waals surface area (Å²) >= 11 is 0. The summed E-state index contributed by atoms with van der Waals surface area (Å²) in [6.07, 6.45) is -7.29. The van der Waals surface area contributed by atoms with Crippen molar-refractivity contribution >= 4 is 50.9 Å². The Hall–Kier alpha value is -3.06. The molecule has 2 aromatic rings. The van der Waals surface area contributed by atoms with Crippen LogP contribution in [0, 0.1) is 11.8 Å². The lowest BCUT2D eigenvalue weighted by Gasteiger charge is -2.29. The molecule has 1 aliphatic heterocycles. The number of nitrogens with one attached hydrogen (secondary N) is 1. The van der Waals surface area contributed by atoms with Crippen LogP contribution in [0.4, 0.5) is 10.6 Å². The number of nitrogen functional groups attached to an aromatic ring is 1. The van der Waals surface area contributed by atoms with Crippen molar-refractivity contribution in [3.8, 4) is 0 Å². The largest absolute Gasteiger partial charge is 0.481 e. The quantitative estimate of drug-likeness (QED) is 0.0392. The summed E-state index contributed by atoms with van der Waals surface area (Å²) in [7, 11) is -11.0. The number of imide groups is 1. The molecule has 0 aromatic carbocycles. The predicted octanol–water partition coefficient (Wildman–Crippen LogP) is -2.04. The fourth-order valence-corrected chi connectivity index (χ4v) is 7.18. The van der Waals surface area contributed by atoms with E-state index in [2.05, 4.69) is 28.8 Å². The molecule has 0 bridgehead atoms. The van der Waals surface area contributed by atoms with Crippen LogP contribution in [0.15, 0.2) is 17.6 Å². The van der Waals surface area contributed by atoms with Gasteiger partial charge in [-0.05, 0) is 31.2 Å². The zero-order valence-corrected chi connectivity index (χ0v) is 30.8. The first-order valence-electron chi connectivity index (χ1n) is 16.2. The van der Waals surface area contributed by atoms with Crippen LogP contribution >= 0.6 is 15.6 Å².